The predicted octanol–water partition coefficient (Wildman–Crippen LogP) is 6.89. The Kier molecular flexibility index (Phi) is 11.7. The minimum atomic E-state index is -1.66. The Morgan fingerprint density at radius 1 is 0.540 bits per heavy atom. The van der Waals surface area contributed by atoms with Crippen molar-refractivity contribution in [1.82, 2.24) is 0 Å². The Morgan fingerprint density at radius 2 is 0.940 bits per heavy atom. The Morgan fingerprint density at radius 3 is 1.34 bits per heavy atom. The van der Waals surface area contributed by atoms with Crippen LogP contribution in [0.5, 0.6) is 5.75 Å². The highest BCUT2D eigenvalue weighted by Gasteiger charge is 2.56. The highest BCUT2D eigenvalue weighted by Crippen LogP contribution is 2.39. The van der Waals surface area contributed by atoms with Gasteiger partial charge in [0, 0.05) is 0 Å². The molecule has 1 fully saturated rings. The third kappa shape index (κ3) is 8.20. The second-order valence-corrected chi connectivity index (χ2v) is 12.3. The van der Waals surface area contributed by atoms with Crippen molar-refractivity contribution in [1.29, 1.82) is 0 Å². The summed E-state index contributed by atoms with van der Waals surface area (Å²) in [6.07, 6.45) is -8.00. The van der Waals surface area contributed by atoms with Crippen molar-refractivity contribution < 1.29 is 47.6 Å². The number of esters is 4. The third-order valence-electron chi connectivity index (χ3n) is 8.24. The molecule has 10 heteroatoms. The van der Waals surface area contributed by atoms with E-state index in [9.17, 15) is 19.2 Å². The van der Waals surface area contributed by atoms with Crippen molar-refractivity contribution >= 4 is 23.9 Å². The molecule has 0 aromatic heterocycles. The van der Waals surface area contributed by atoms with Crippen LogP contribution in [0.1, 0.15) is 81.7 Å². The number of carbonyl (C=O) groups is 4. The van der Waals surface area contributed by atoms with Crippen LogP contribution in [0.25, 0.3) is 0 Å². The summed E-state index contributed by atoms with van der Waals surface area (Å²) < 4.78 is 36.1. The summed E-state index contributed by atoms with van der Waals surface area (Å²) in [5.74, 6) is -2.93. The molecule has 5 rings (SSSR count). The SMILES string of the molecule is COC(=O)[C@H]1O[C@@H](Oc2c(C(C)C)cccc2C(C)C)[C@H](OC(=O)c2ccccc2)[C@@H](OC(=O)c2ccccc2)[C@@H]1OC(=O)c1ccccc1. The fraction of sp³-hybridized carbons (Fsp3) is 0.300. The number of para-hydroxylation sites is 1. The van der Waals surface area contributed by atoms with Crippen molar-refractivity contribution in [3.8, 4) is 5.75 Å². The van der Waals surface area contributed by atoms with E-state index in [-0.39, 0.29) is 28.5 Å². The first-order chi connectivity index (χ1) is 24.1. The molecule has 0 saturated carbocycles. The van der Waals surface area contributed by atoms with Gasteiger partial charge < -0.3 is 28.4 Å². The molecule has 4 aromatic carbocycles. The molecule has 260 valence electrons. The molecular weight excluding hydrogens is 640 g/mol. The highest BCUT2D eigenvalue weighted by atomic mass is 16.7. The van der Waals surface area contributed by atoms with Crippen LogP contribution >= 0.6 is 0 Å². The van der Waals surface area contributed by atoms with E-state index in [0.29, 0.717) is 5.75 Å². The summed E-state index contributed by atoms with van der Waals surface area (Å²) >= 11 is 0. The topological polar surface area (TPSA) is 124 Å². The molecule has 1 aliphatic rings. The van der Waals surface area contributed by atoms with Gasteiger partial charge in [0.15, 0.2) is 18.3 Å². The number of carbonyl (C=O) groups excluding carboxylic acids is 4. The minimum absolute atomic E-state index is 0.000273. The Bertz CT molecular complexity index is 1750. The highest BCUT2D eigenvalue weighted by molar-refractivity contribution is 5.91. The smallest absolute Gasteiger partial charge is 0.339 e. The van der Waals surface area contributed by atoms with Gasteiger partial charge in [0.2, 0.25) is 12.4 Å². The van der Waals surface area contributed by atoms with Gasteiger partial charge >= 0.3 is 23.9 Å². The fourth-order valence-electron chi connectivity index (χ4n) is 5.63. The maximum atomic E-state index is 13.7. The molecule has 0 spiro atoms. The van der Waals surface area contributed by atoms with Gasteiger partial charge in [-0.2, -0.15) is 0 Å². The molecule has 1 aliphatic heterocycles. The molecule has 1 heterocycles. The summed E-state index contributed by atoms with van der Waals surface area (Å²) in [6, 6.07) is 30.1. The normalized spacial score (nSPS) is 20.1. The van der Waals surface area contributed by atoms with Gasteiger partial charge in [-0.25, -0.2) is 19.2 Å². The molecule has 0 bridgehead atoms. The van der Waals surface area contributed by atoms with Crippen molar-refractivity contribution in [3.63, 3.8) is 0 Å². The summed E-state index contributed by atoms with van der Waals surface area (Å²) in [4.78, 5) is 54.4. The minimum Gasteiger partial charge on any atom is -0.467 e. The Labute approximate surface area is 291 Å². The third-order valence-corrected chi connectivity index (χ3v) is 8.24. The zero-order chi connectivity index (χ0) is 35.8. The van der Waals surface area contributed by atoms with E-state index in [1.54, 1.807) is 66.7 Å². The van der Waals surface area contributed by atoms with Gasteiger partial charge in [0.25, 0.3) is 0 Å². The molecule has 0 radical (unpaired) electrons. The number of rotatable bonds is 11. The number of hydrogen-bond donors (Lipinski definition) is 0. The van der Waals surface area contributed by atoms with Crippen LogP contribution in [-0.4, -0.2) is 61.7 Å². The van der Waals surface area contributed by atoms with E-state index in [4.69, 9.17) is 28.4 Å². The van der Waals surface area contributed by atoms with Crippen LogP contribution < -0.4 is 4.74 Å². The fourth-order valence-corrected chi connectivity index (χ4v) is 5.63. The van der Waals surface area contributed by atoms with Gasteiger partial charge in [0.1, 0.15) is 5.75 Å². The molecule has 5 atom stereocenters. The number of hydrogen-bond acceptors (Lipinski definition) is 10. The lowest BCUT2D eigenvalue weighted by Gasteiger charge is -2.43. The first-order valence-corrected chi connectivity index (χ1v) is 16.4. The molecule has 50 heavy (non-hydrogen) atoms. The lowest BCUT2D eigenvalue weighted by molar-refractivity contribution is -0.270. The molecule has 0 aliphatic carbocycles. The molecule has 0 amide bonds. The average Bonchev–Trinajstić information content (AvgIpc) is 3.14. The number of methoxy groups -OCH3 is 1. The monoisotopic (exact) mass is 680 g/mol. The lowest BCUT2D eigenvalue weighted by Crippen LogP contribution is -2.64. The summed E-state index contributed by atoms with van der Waals surface area (Å²) in [6.45, 7) is 8.01. The predicted molar refractivity (Wildman–Crippen MR) is 183 cm³/mol. The van der Waals surface area contributed by atoms with Gasteiger partial charge in [0.05, 0.1) is 23.8 Å². The maximum Gasteiger partial charge on any atom is 0.339 e. The van der Waals surface area contributed by atoms with E-state index in [2.05, 4.69) is 0 Å². The van der Waals surface area contributed by atoms with E-state index < -0.39 is 54.6 Å². The van der Waals surface area contributed by atoms with Gasteiger partial charge in [-0.1, -0.05) is 100 Å². The Balaban J connectivity index is 1.66. The van der Waals surface area contributed by atoms with Crippen molar-refractivity contribution in [3.05, 3.63) is 137 Å². The molecular formula is C40H40O10. The first-order valence-electron chi connectivity index (χ1n) is 16.4. The standard InChI is InChI=1S/C40H40O10/c1-24(2)29-22-15-23-30(25(3)4)31(29)49-40-35(48-38(43)28-20-13-8-14-21-28)33(47-37(42)27-18-11-7-12-19-27)32(34(50-40)39(44)45-5)46-36(41)26-16-9-6-10-17-26/h6-25,32-35,40H,1-5H3/t32-,33-,34-,35+,40+/m0/s1. The van der Waals surface area contributed by atoms with Crippen molar-refractivity contribution in [2.24, 2.45) is 0 Å². The molecule has 1 saturated heterocycles. The van der Waals surface area contributed by atoms with Gasteiger partial charge in [-0.15, -0.1) is 0 Å². The van der Waals surface area contributed by atoms with E-state index in [1.807, 2.05) is 45.9 Å². The maximum absolute atomic E-state index is 13.7. The van der Waals surface area contributed by atoms with Crippen LogP contribution in [-0.2, 0) is 28.5 Å². The van der Waals surface area contributed by atoms with Crippen LogP contribution in [0.4, 0.5) is 0 Å². The molecule has 4 aromatic rings. The van der Waals surface area contributed by atoms with E-state index in [0.717, 1.165) is 18.2 Å². The molecule has 0 unspecified atom stereocenters. The summed E-state index contributed by atoms with van der Waals surface area (Å²) in [5, 5.41) is 0. The number of ether oxygens (including phenoxy) is 6. The Hall–Kier alpha value is -5.48. The van der Waals surface area contributed by atoms with Crippen LogP contribution in [0.15, 0.2) is 109 Å². The summed E-state index contributed by atoms with van der Waals surface area (Å²) in [7, 11) is 1.15. The van der Waals surface area contributed by atoms with Crippen LogP contribution in [0, 0.1) is 0 Å². The largest absolute Gasteiger partial charge is 0.467 e. The van der Waals surface area contributed by atoms with E-state index in [1.165, 1.54) is 24.3 Å². The van der Waals surface area contributed by atoms with Crippen molar-refractivity contribution in [2.45, 2.75) is 70.2 Å². The second-order valence-electron chi connectivity index (χ2n) is 12.3. The van der Waals surface area contributed by atoms with Gasteiger partial charge in [-0.3, -0.25) is 0 Å². The zero-order valence-electron chi connectivity index (χ0n) is 28.5. The van der Waals surface area contributed by atoms with Gasteiger partial charge in [-0.05, 0) is 59.4 Å². The second kappa shape index (κ2) is 16.3. The average molecular weight is 681 g/mol. The number of benzene rings is 4. The summed E-state index contributed by atoms with van der Waals surface area (Å²) in [5.41, 5.74) is 2.18. The quantitative estimate of drug-likeness (QED) is 0.122. The van der Waals surface area contributed by atoms with Crippen LogP contribution in [0.2, 0.25) is 0 Å². The van der Waals surface area contributed by atoms with Crippen LogP contribution in [0.3, 0.4) is 0 Å². The zero-order valence-corrected chi connectivity index (χ0v) is 28.5. The molecule has 10 nitrogen and oxygen atoms in total. The molecule has 0 N–H and O–H groups in total. The van der Waals surface area contributed by atoms with Crippen molar-refractivity contribution in [2.75, 3.05) is 7.11 Å². The lowest BCUT2D eigenvalue weighted by atomic mass is 9.93. The first kappa shape index (κ1) is 35.8. The van der Waals surface area contributed by atoms with E-state index >= 15 is 0 Å².